The minimum atomic E-state index is -4.58. The zero-order valence-electron chi connectivity index (χ0n) is 14.4. The molecule has 0 saturated carbocycles. The van der Waals surface area contributed by atoms with Crippen LogP contribution in [-0.4, -0.2) is 17.9 Å². The van der Waals surface area contributed by atoms with Gasteiger partial charge < -0.3 is 0 Å². The fraction of sp³-hybridized carbons (Fsp3) is 0.562. The fourth-order valence-corrected chi connectivity index (χ4v) is 6.49. The van der Waals surface area contributed by atoms with Crippen LogP contribution in [0, 0.1) is 0 Å². The van der Waals surface area contributed by atoms with Gasteiger partial charge in [-0.1, -0.05) is 0 Å². The van der Waals surface area contributed by atoms with Crippen molar-refractivity contribution in [2.45, 2.75) is 60.3 Å². The summed E-state index contributed by atoms with van der Waals surface area (Å²) < 4.78 is 17.2. The van der Waals surface area contributed by atoms with Gasteiger partial charge in [0.25, 0.3) is 0 Å². The van der Waals surface area contributed by atoms with Gasteiger partial charge in [-0.2, -0.15) is 0 Å². The molecule has 1 aliphatic rings. The third kappa shape index (κ3) is 4.79. The van der Waals surface area contributed by atoms with Crippen LogP contribution in [0.15, 0.2) is 21.1 Å². The first-order valence-corrected chi connectivity index (χ1v) is 10.5. The van der Waals surface area contributed by atoms with Gasteiger partial charge in [-0.05, 0) is 0 Å². The van der Waals surface area contributed by atoms with E-state index in [1.807, 2.05) is 19.9 Å². The molecule has 0 amide bonds. The first-order chi connectivity index (χ1) is 10.8. The van der Waals surface area contributed by atoms with Gasteiger partial charge in [0.1, 0.15) is 0 Å². The van der Waals surface area contributed by atoms with Crippen molar-refractivity contribution in [3.05, 3.63) is 21.1 Å². The van der Waals surface area contributed by atoms with Gasteiger partial charge in [0.15, 0.2) is 0 Å². The molecular formula is C16H24O6Ti. The van der Waals surface area contributed by atoms with Gasteiger partial charge in [-0.25, -0.2) is 0 Å². The molecule has 0 N–H and O–H groups in total. The quantitative estimate of drug-likeness (QED) is 0.648. The summed E-state index contributed by atoms with van der Waals surface area (Å²) in [7, 11) is 0. The number of carbonyl (C=O) groups is 3. The summed E-state index contributed by atoms with van der Waals surface area (Å²) >= 11 is -4.58. The summed E-state index contributed by atoms with van der Waals surface area (Å²) in [6.07, 6.45) is 2.74. The van der Waals surface area contributed by atoms with Crippen molar-refractivity contribution < 1.29 is 42.1 Å². The van der Waals surface area contributed by atoms with Crippen LogP contribution in [0.4, 0.5) is 0 Å². The molecule has 0 saturated heterocycles. The van der Waals surface area contributed by atoms with Crippen molar-refractivity contribution in [1.29, 1.82) is 0 Å². The van der Waals surface area contributed by atoms with E-state index in [0.29, 0.717) is 10.3 Å². The second kappa shape index (κ2) is 8.45. The van der Waals surface area contributed by atoms with Crippen molar-refractivity contribution in [3.8, 4) is 0 Å². The van der Waals surface area contributed by atoms with Crippen LogP contribution < -0.4 is 0 Å². The van der Waals surface area contributed by atoms with E-state index < -0.39 is 35.7 Å². The predicted octanol–water partition coefficient (Wildman–Crippen LogP) is 3.37. The fourth-order valence-electron chi connectivity index (χ4n) is 2.07. The van der Waals surface area contributed by atoms with Gasteiger partial charge in [0, 0.05) is 0 Å². The molecule has 0 heterocycles. The van der Waals surface area contributed by atoms with Crippen LogP contribution in [0.25, 0.3) is 0 Å². The van der Waals surface area contributed by atoms with E-state index in [4.69, 9.17) is 9.96 Å². The topological polar surface area (TPSA) is 78.9 Å². The molecule has 0 aromatic carbocycles. The van der Waals surface area contributed by atoms with E-state index in [0.717, 1.165) is 11.1 Å². The van der Waals surface area contributed by atoms with Crippen LogP contribution in [0.1, 0.15) is 60.3 Å². The Hall–Kier alpha value is -1.40. The maximum atomic E-state index is 11.9. The number of carbonyl (C=O) groups excluding carboxylic acids is 3. The molecular weight excluding hydrogens is 336 g/mol. The number of hydrogen-bond acceptors (Lipinski definition) is 6. The molecule has 0 fully saturated rings. The summed E-state index contributed by atoms with van der Waals surface area (Å²) in [5, 5.41) is 0. The van der Waals surface area contributed by atoms with E-state index in [2.05, 4.69) is 0 Å². The molecule has 0 aliphatic heterocycles. The molecule has 128 valence electrons. The van der Waals surface area contributed by atoms with E-state index in [9.17, 15) is 14.4 Å². The van der Waals surface area contributed by atoms with Crippen LogP contribution >= 0.6 is 0 Å². The zero-order chi connectivity index (χ0) is 17.6. The Morgan fingerprint density at radius 3 is 1.57 bits per heavy atom. The molecule has 0 radical (unpaired) electrons. The maximum absolute atomic E-state index is 11.9. The summed E-state index contributed by atoms with van der Waals surface area (Å²) in [4.78, 5) is 35.7. The van der Waals surface area contributed by atoms with Crippen molar-refractivity contribution in [2.24, 2.45) is 0 Å². The molecule has 0 aromatic rings. The van der Waals surface area contributed by atoms with Gasteiger partial charge >= 0.3 is 141 Å². The Bertz CT molecular complexity index is 515. The normalized spacial score (nSPS) is 14.4. The minimum absolute atomic E-state index is 0.110. The van der Waals surface area contributed by atoms with Crippen LogP contribution in [0.5, 0.6) is 0 Å². The second-order valence-electron chi connectivity index (χ2n) is 5.23. The van der Waals surface area contributed by atoms with E-state index >= 15 is 0 Å². The predicted molar refractivity (Wildman–Crippen MR) is 80.2 cm³/mol. The number of hydrogen-bond donors (Lipinski definition) is 0. The second-order valence-corrected chi connectivity index (χ2v) is 8.87. The molecule has 0 spiro atoms. The monoisotopic (exact) mass is 360 g/mol. The van der Waals surface area contributed by atoms with Crippen LogP contribution in [0.3, 0.4) is 0 Å². The molecule has 23 heavy (non-hydrogen) atoms. The first-order valence-electron chi connectivity index (χ1n) is 7.82. The molecule has 1 rings (SSSR count). The van der Waals surface area contributed by atoms with Crippen molar-refractivity contribution in [3.63, 3.8) is 0 Å². The van der Waals surface area contributed by atoms with Crippen LogP contribution in [0.2, 0.25) is 0 Å². The Labute approximate surface area is 141 Å². The summed E-state index contributed by atoms with van der Waals surface area (Å²) in [6, 6.07) is 0. The molecule has 7 heteroatoms. The Balaban J connectivity index is 3.35. The van der Waals surface area contributed by atoms with Gasteiger partial charge in [-0.3, -0.25) is 0 Å². The van der Waals surface area contributed by atoms with Gasteiger partial charge in [0.05, 0.1) is 0 Å². The number of allylic oxidation sites excluding steroid dienone is 4. The molecule has 1 aliphatic carbocycles. The summed E-state index contributed by atoms with van der Waals surface area (Å²) in [5.41, 5.74) is 1.87. The SMILES string of the molecule is CCC(=O)[O][Ti]([O]C(=O)CC)([O]C(=O)CC)[C]1=C(C)C(C)=CC1. The third-order valence-corrected chi connectivity index (χ3v) is 8.02. The van der Waals surface area contributed by atoms with Crippen molar-refractivity contribution in [1.82, 2.24) is 0 Å². The molecule has 0 atom stereocenters. The summed E-state index contributed by atoms with van der Waals surface area (Å²) in [5.74, 6) is -1.62. The average molecular weight is 360 g/mol. The van der Waals surface area contributed by atoms with Crippen LogP contribution in [-0.2, 0) is 42.1 Å². The first kappa shape index (κ1) is 19.7. The third-order valence-electron chi connectivity index (χ3n) is 3.64. The van der Waals surface area contributed by atoms with E-state index in [1.165, 1.54) is 0 Å². The Kier molecular flexibility index (Phi) is 7.22. The van der Waals surface area contributed by atoms with Gasteiger partial charge in [-0.15, -0.1) is 0 Å². The average Bonchev–Trinajstić information content (AvgIpc) is 2.86. The molecule has 0 bridgehead atoms. The Morgan fingerprint density at radius 2 is 1.30 bits per heavy atom. The van der Waals surface area contributed by atoms with E-state index in [1.54, 1.807) is 20.8 Å². The van der Waals surface area contributed by atoms with E-state index in [-0.39, 0.29) is 19.3 Å². The Morgan fingerprint density at radius 1 is 0.913 bits per heavy atom. The van der Waals surface area contributed by atoms with Crippen molar-refractivity contribution >= 4 is 17.9 Å². The number of rotatable bonds is 7. The summed E-state index contributed by atoms with van der Waals surface area (Å²) in [6.45, 7) is 8.68. The zero-order valence-corrected chi connectivity index (χ0v) is 15.9. The van der Waals surface area contributed by atoms with Crippen molar-refractivity contribution in [2.75, 3.05) is 0 Å². The molecule has 6 nitrogen and oxygen atoms in total. The molecule has 0 aromatic heterocycles. The molecule has 0 unspecified atom stereocenters. The standard InChI is InChI=1S/C7H9.3C3H6O2.Ti/c1-6-4-3-5-7(6)2;3*1-2-3(4)5;/h4H,3H2,1-2H3;3*2H2,1H3,(H,4,5);/q;;;;+3/p-3. The van der Waals surface area contributed by atoms with Gasteiger partial charge in [0.2, 0.25) is 0 Å².